The van der Waals surface area contributed by atoms with Gasteiger partial charge in [0.2, 0.25) is 5.43 Å². The molecule has 0 spiro atoms. The van der Waals surface area contributed by atoms with E-state index in [1.54, 1.807) is 11.8 Å². The first kappa shape index (κ1) is 26.2. The van der Waals surface area contributed by atoms with Crippen molar-refractivity contribution in [3.05, 3.63) is 84.2 Å². The fraction of sp³-hybridized carbons (Fsp3) is 0.346. The Morgan fingerprint density at radius 1 is 1.23 bits per heavy atom. The minimum absolute atomic E-state index is 0.0848. The van der Waals surface area contributed by atoms with E-state index in [2.05, 4.69) is 27.5 Å². The summed E-state index contributed by atoms with van der Waals surface area (Å²) in [5.41, 5.74) is -1.77. The van der Waals surface area contributed by atoms with Crippen LogP contribution >= 0.6 is 33.9 Å². The lowest BCUT2D eigenvalue weighted by Gasteiger charge is -2.46. The molecule has 39 heavy (non-hydrogen) atoms. The minimum Gasteiger partial charge on any atom is -0.477 e. The van der Waals surface area contributed by atoms with Crippen LogP contribution in [0.4, 0.5) is 14.5 Å². The van der Waals surface area contributed by atoms with Crippen molar-refractivity contribution in [2.24, 2.45) is 0 Å². The third kappa shape index (κ3) is 4.49. The summed E-state index contributed by atoms with van der Waals surface area (Å²) in [5.74, 6) is -3.27. The quantitative estimate of drug-likeness (QED) is 0.173. The van der Waals surface area contributed by atoms with Gasteiger partial charge >= 0.3 is 11.8 Å². The maximum Gasteiger partial charge on any atom is 0.519 e. The number of hydrogen-bond acceptors (Lipinski definition) is 8. The smallest absolute Gasteiger partial charge is 0.477 e. The fourth-order valence-electron chi connectivity index (χ4n) is 5.22. The van der Waals surface area contributed by atoms with Crippen molar-refractivity contribution >= 4 is 56.5 Å². The van der Waals surface area contributed by atoms with E-state index in [9.17, 15) is 19.5 Å². The van der Waals surface area contributed by atoms with Gasteiger partial charge in [-0.3, -0.25) is 9.69 Å². The van der Waals surface area contributed by atoms with Crippen LogP contribution in [0.3, 0.4) is 0 Å². The third-order valence-corrected chi connectivity index (χ3v) is 9.54. The van der Waals surface area contributed by atoms with Crippen LogP contribution in [-0.2, 0) is 6.54 Å². The highest BCUT2D eigenvalue weighted by Crippen LogP contribution is 2.44. The summed E-state index contributed by atoms with van der Waals surface area (Å²) in [4.78, 5) is 40.9. The molecular formula is C26H22F2IN3O6S. The second-order valence-electron chi connectivity index (χ2n) is 9.66. The number of carboxylic acid groups (broad SMARTS) is 1. The van der Waals surface area contributed by atoms with Gasteiger partial charge in [-0.05, 0) is 37.3 Å². The van der Waals surface area contributed by atoms with Gasteiger partial charge in [0.15, 0.2) is 11.6 Å². The molecule has 1 aliphatic carbocycles. The summed E-state index contributed by atoms with van der Waals surface area (Å²) in [5, 5.41) is 11.1. The average molecular weight is 669 g/mol. The summed E-state index contributed by atoms with van der Waals surface area (Å²) >= 11 is 3.67. The summed E-state index contributed by atoms with van der Waals surface area (Å²) in [6.45, 7) is 2.56. The normalized spacial score (nSPS) is 20.2. The van der Waals surface area contributed by atoms with Gasteiger partial charge in [0.25, 0.3) is 0 Å². The molecule has 2 unspecified atom stereocenters. The van der Waals surface area contributed by atoms with E-state index in [4.69, 9.17) is 8.83 Å². The van der Waals surface area contributed by atoms with Crippen molar-refractivity contribution in [1.82, 2.24) is 9.47 Å². The summed E-state index contributed by atoms with van der Waals surface area (Å²) in [7, 11) is 0. The van der Waals surface area contributed by atoms with Gasteiger partial charge in [-0.1, -0.05) is 28.7 Å². The van der Waals surface area contributed by atoms with Crippen LogP contribution in [0, 0.1) is 18.6 Å². The lowest BCUT2D eigenvalue weighted by atomic mass is 10.1. The average Bonchev–Trinajstić information content (AvgIpc) is 3.49. The predicted octanol–water partition coefficient (Wildman–Crippen LogP) is 5.05. The zero-order chi connectivity index (χ0) is 27.6. The Hall–Kier alpha value is -3.04. The number of anilines is 1. The fourth-order valence-corrected chi connectivity index (χ4v) is 7.75. The molecule has 1 aromatic carbocycles. The first-order chi connectivity index (χ1) is 18.7. The van der Waals surface area contributed by atoms with Crippen LogP contribution in [0.25, 0.3) is 10.9 Å². The highest BCUT2D eigenvalue weighted by molar-refractivity contribution is 14.1. The molecule has 2 aliphatic rings. The van der Waals surface area contributed by atoms with Crippen molar-refractivity contribution in [1.29, 1.82) is 0 Å². The lowest BCUT2D eigenvalue weighted by molar-refractivity contribution is 0.0694. The number of carbonyl (C=O) groups is 1. The molecule has 1 aliphatic heterocycles. The van der Waals surface area contributed by atoms with E-state index in [1.165, 1.54) is 22.1 Å². The van der Waals surface area contributed by atoms with Crippen LogP contribution in [-0.4, -0.2) is 37.7 Å². The van der Waals surface area contributed by atoms with Crippen LogP contribution < -0.4 is 16.2 Å². The van der Waals surface area contributed by atoms with E-state index < -0.39 is 38.5 Å². The number of aromatic carboxylic acids is 1. The van der Waals surface area contributed by atoms with E-state index in [-0.39, 0.29) is 41.8 Å². The standard InChI is InChI=1S/C26H22F2IN3O6S/c1-12-17(38-26(36)37-12)11-30-6-7-31(24(29)22(30)18-3-2-8-39-18)21-16(27)9-14-20(19(21)28)32(13-4-5-13)10-15(23(14)33)25(34)35/h2-3,8-10,13,22,24H,4-7,11H2,1H3,(H,34,35). The number of fused-ring (bicyclic) bond motifs is 1. The summed E-state index contributed by atoms with van der Waals surface area (Å²) < 4.78 is 43.3. The number of pyridine rings is 1. The van der Waals surface area contributed by atoms with Crippen molar-refractivity contribution in [2.75, 3.05) is 18.0 Å². The minimum atomic E-state index is -1.44. The molecule has 2 atom stereocenters. The van der Waals surface area contributed by atoms with Gasteiger partial charge in [-0.15, -0.1) is 11.3 Å². The summed E-state index contributed by atoms with van der Waals surface area (Å²) in [6, 6.07) is 4.34. The highest BCUT2D eigenvalue weighted by atomic mass is 127. The van der Waals surface area contributed by atoms with Crippen molar-refractivity contribution in [3.63, 3.8) is 0 Å². The number of piperazine rings is 1. The maximum absolute atomic E-state index is 16.4. The second kappa shape index (κ2) is 9.86. The zero-order valence-electron chi connectivity index (χ0n) is 20.5. The van der Waals surface area contributed by atoms with E-state index >= 15 is 8.78 Å². The zero-order valence-corrected chi connectivity index (χ0v) is 23.5. The predicted molar refractivity (Wildman–Crippen MR) is 148 cm³/mol. The van der Waals surface area contributed by atoms with E-state index in [1.807, 2.05) is 17.5 Å². The molecule has 4 aromatic rings. The number of alkyl halides is 1. The first-order valence-corrected chi connectivity index (χ1v) is 14.4. The van der Waals surface area contributed by atoms with Gasteiger partial charge in [0.1, 0.15) is 26.9 Å². The molecule has 6 rings (SSSR count). The Bertz CT molecular complexity index is 1710. The Balaban J connectivity index is 1.46. The maximum atomic E-state index is 16.4. The van der Waals surface area contributed by atoms with Gasteiger partial charge in [0, 0.05) is 30.2 Å². The lowest BCUT2D eigenvalue weighted by Crippen LogP contribution is -2.52. The monoisotopic (exact) mass is 669 g/mol. The number of benzene rings is 1. The molecule has 0 bridgehead atoms. The molecule has 204 valence electrons. The van der Waals surface area contributed by atoms with Crippen LogP contribution in [0.1, 0.15) is 51.7 Å². The second-order valence-corrected chi connectivity index (χ2v) is 11.9. The molecule has 1 saturated heterocycles. The number of halogens is 3. The Labute approximate surface area is 237 Å². The molecule has 1 saturated carbocycles. The molecule has 1 N–H and O–H groups in total. The number of nitrogens with zero attached hydrogens (tertiary/aromatic N) is 3. The Morgan fingerprint density at radius 2 is 2.00 bits per heavy atom. The van der Waals surface area contributed by atoms with Gasteiger partial charge < -0.3 is 23.4 Å². The van der Waals surface area contributed by atoms with Crippen LogP contribution in [0.15, 0.2) is 48.2 Å². The van der Waals surface area contributed by atoms with Gasteiger partial charge in [-0.2, -0.15) is 0 Å². The van der Waals surface area contributed by atoms with E-state index in [0.717, 1.165) is 10.9 Å². The molecule has 4 heterocycles. The number of thiophene rings is 1. The molecule has 3 aromatic heterocycles. The summed E-state index contributed by atoms with van der Waals surface area (Å²) in [6.07, 6.45) is 2.59. The van der Waals surface area contributed by atoms with Crippen molar-refractivity contribution < 1.29 is 27.5 Å². The molecular weight excluding hydrogens is 647 g/mol. The molecule has 9 nitrogen and oxygen atoms in total. The van der Waals surface area contributed by atoms with Gasteiger partial charge in [-0.25, -0.2) is 18.4 Å². The van der Waals surface area contributed by atoms with Crippen molar-refractivity contribution in [2.45, 2.75) is 42.4 Å². The molecule has 13 heteroatoms. The third-order valence-electron chi connectivity index (χ3n) is 7.24. The Kier molecular flexibility index (Phi) is 6.62. The molecule has 2 fully saturated rings. The topological polar surface area (TPSA) is 109 Å². The van der Waals surface area contributed by atoms with E-state index in [0.29, 0.717) is 30.9 Å². The number of carboxylic acids is 1. The number of aryl methyl sites for hydroxylation is 1. The molecule has 0 amide bonds. The number of rotatable bonds is 6. The molecule has 0 radical (unpaired) electrons. The highest BCUT2D eigenvalue weighted by Gasteiger charge is 2.40. The first-order valence-electron chi connectivity index (χ1n) is 12.2. The van der Waals surface area contributed by atoms with Crippen LogP contribution in [0.2, 0.25) is 0 Å². The number of aromatic nitrogens is 1. The SMILES string of the molecule is Cc1oc(=O)oc1CN1CCN(c2c(F)cc3c(=O)c(C(=O)O)cn(C4CC4)c3c2F)C(I)C1c1cccs1. The van der Waals surface area contributed by atoms with Crippen molar-refractivity contribution in [3.8, 4) is 0 Å². The van der Waals surface area contributed by atoms with Gasteiger partial charge in [0.05, 0.1) is 23.5 Å². The largest absolute Gasteiger partial charge is 0.519 e. The number of hydrogen-bond donors (Lipinski definition) is 1. The Morgan fingerprint density at radius 3 is 2.62 bits per heavy atom. The van der Waals surface area contributed by atoms with Crippen LogP contribution in [0.5, 0.6) is 0 Å².